The third-order valence-corrected chi connectivity index (χ3v) is 6.73. The molecule has 0 saturated carbocycles. The molecule has 0 radical (unpaired) electrons. The predicted molar refractivity (Wildman–Crippen MR) is 151 cm³/mol. The highest BCUT2D eigenvalue weighted by molar-refractivity contribution is 6.06. The number of hydrogen-bond donors (Lipinski definition) is 0. The smallest absolute Gasteiger partial charge is 0.159 e. The van der Waals surface area contributed by atoms with E-state index in [4.69, 9.17) is 9.40 Å². The third kappa shape index (κ3) is 3.97. The van der Waals surface area contributed by atoms with E-state index in [1.54, 1.807) is 0 Å². The minimum atomic E-state index is 0.691. The summed E-state index contributed by atoms with van der Waals surface area (Å²) in [6.45, 7) is 0. The Morgan fingerprint density at radius 1 is 0.432 bits per heavy atom. The van der Waals surface area contributed by atoms with Crippen LogP contribution < -0.4 is 0 Å². The second-order valence-electron chi connectivity index (χ2n) is 9.11. The van der Waals surface area contributed by atoms with Gasteiger partial charge in [0.25, 0.3) is 0 Å². The molecule has 7 rings (SSSR count). The molecule has 3 nitrogen and oxygen atoms in total. The summed E-state index contributed by atoms with van der Waals surface area (Å²) in [4.78, 5) is 9.64. The van der Waals surface area contributed by atoms with Gasteiger partial charge in [-0.2, -0.15) is 0 Å². The highest BCUT2D eigenvalue weighted by atomic mass is 16.3. The largest absolute Gasteiger partial charge is 0.456 e. The van der Waals surface area contributed by atoms with Crippen molar-refractivity contribution in [3.8, 4) is 44.9 Å². The Morgan fingerprint density at radius 3 is 1.78 bits per heavy atom. The molecule has 0 amide bonds. The molecule has 37 heavy (non-hydrogen) atoms. The lowest BCUT2D eigenvalue weighted by molar-refractivity contribution is 0.669. The molecule has 0 aliphatic rings. The van der Waals surface area contributed by atoms with Crippen molar-refractivity contribution >= 4 is 21.9 Å². The minimum absolute atomic E-state index is 0.691. The average molecular weight is 475 g/mol. The number of hydrogen-bond acceptors (Lipinski definition) is 3. The molecule has 2 heterocycles. The molecule has 3 heteroatoms. The zero-order chi connectivity index (χ0) is 24.6. The lowest BCUT2D eigenvalue weighted by Crippen LogP contribution is -1.93. The van der Waals surface area contributed by atoms with E-state index in [1.165, 1.54) is 11.1 Å². The van der Waals surface area contributed by atoms with E-state index in [0.29, 0.717) is 5.82 Å². The van der Waals surface area contributed by atoms with Crippen molar-refractivity contribution in [1.29, 1.82) is 0 Å². The molecular weight excluding hydrogens is 452 g/mol. The number of furan rings is 1. The van der Waals surface area contributed by atoms with Crippen LogP contribution >= 0.6 is 0 Å². The van der Waals surface area contributed by atoms with Crippen LogP contribution in [-0.2, 0) is 0 Å². The maximum Gasteiger partial charge on any atom is 0.159 e. The summed E-state index contributed by atoms with van der Waals surface area (Å²) in [6.07, 6.45) is 1.84. The molecule has 0 fully saturated rings. The van der Waals surface area contributed by atoms with Gasteiger partial charge in [-0.25, -0.2) is 9.97 Å². The number of benzene rings is 5. The fraction of sp³-hybridized carbons (Fsp3) is 0. The van der Waals surface area contributed by atoms with Crippen molar-refractivity contribution in [2.45, 2.75) is 0 Å². The van der Waals surface area contributed by atoms with E-state index in [1.807, 2.05) is 54.7 Å². The van der Waals surface area contributed by atoms with Crippen molar-refractivity contribution in [1.82, 2.24) is 9.97 Å². The van der Waals surface area contributed by atoms with Gasteiger partial charge in [0.1, 0.15) is 11.2 Å². The fourth-order valence-electron chi connectivity index (χ4n) is 4.89. The van der Waals surface area contributed by atoms with Crippen LogP contribution in [0.25, 0.3) is 66.8 Å². The second-order valence-corrected chi connectivity index (χ2v) is 9.11. The quantitative estimate of drug-likeness (QED) is 0.255. The van der Waals surface area contributed by atoms with Gasteiger partial charge in [-0.3, -0.25) is 0 Å². The van der Waals surface area contributed by atoms with E-state index in [9.17, 15) is 0 Å². The van der Waals surface area contributed by atoms with Gasteiger partial charge in [0.2, 0.25) is 0 Å². The summed E-state index contributed by atoms with van der Waals surface area (Å²) in [5, 5.41) is 2.16. The van der Waals surface area contributed by atoms with Gasteiger partial charge < -0.3 is 4.42 Å². The van der Waals surface area contributed by atoms with Crippen LogP contribution in [0.4, 0.5) is 0 Å². The highest BCUT2D eigenvalue weighted by Gasteiger charge is 2.12. The number of aromatic nitrogens is 2. The van der Waals surface area contributed by atoms with Crippen LogP contribution in [0.5, 0.6) is 0 Å². The van der Waals surface area contributed by atoms with Crippen molar-refractivity contribution in [2.75, 3.05) is 0 Å². The minimum Gasteiger partial charge on any atom is -0.456 e. The molecule has 0 aliphatic heterocycles. The van der Waals surface area contributed by atoms with Crippen molar-refractivity contribution in [3.63, 3.8) is 0 Å². The third-order valence-electron chi connectivity index (χ3n) is 6.73. The lowest BCUT2D eigenvalue weighted by Gasteiger charge is -2.11. The number of nitrogens with zero attached hydrogens (tertiary/aromatic N) is 2. The van der Waals surface area contributed by atoms with Crippen LogP contribution in [0.2, 0.25) is 0 Å². The zero-order valence-electron chi connectivity index (χ0n) is 20.0. The van der Waals surface area contributed by atoms with Crippen molar-refractivity contribution in [2.24, 2.45) is 0 Å². The molecule has 0 saturated heterocycles. The molecule has 0 spiro atoms. The molecule has 0 unspecified atom stereocenters. The first-order chi connectivity index (χ1) is 18.3. The first kappa shape index (κ1) is 21.3. The molecule has 5 aromatic carbocycles. The summed E-state index contributed by atoms with van der Waals surface area (Å²) in [6, 6.07) is 43.8. The van der Waals surface area contributed by atoms with Crippen LogP contribution in [0.3, 0.4) is 0 Å². The summed E-state index contributed by atoms with van der Waals surface area (Å²) in [7, 11) is 0. The highest BCUT2D eigenvalue weighted by Crippen LogP contribution is 2.34. The van der Waals surface area contributed by atoms with E-state index in [0.717, 1.165) is 49.9 Å². The summed E-state index contributed by atoms with van der Waals surface area (Å²) in [5.41, 5.74) is 9.31. The van der Waals surface area contributed by atoms with Crippen LogP contribution in [0, 0.1) is 0 Å². The van der Waals surface area contributed by atoms with Gasteiger partial charge >= 0.3 is 0 Å². The standard InChI is InChI=1S/C34H22N2O/c1-3-9-23(10-4-1)26-19-27(24-11-5-2-6-12-24)21-28(20-26)31-17-18-35-34(36-31)25-15-16-33-30(22-25)29-13-7-8-14-32(29)37-33/h1-22H. The van der Waals surface area contributed by atoms with Crippen LogP contribution in [0.15, 0.2) is 138 Å². The Hall–Kier alpha value is -5.02. The molecule has 174 valence electrons. The van der Waals surface area contributed by atoms with Crippen LogP contribution in [-0.4, -0.2) is 9.97 Å². The zero-order valence-corrected chi connectivity index (χ0v) is 20.0. The molecule has 0 N–H and O–H groups in total. The Morgan fingerprint density at radius 2 is 1.05 bits per heavy atom. The van der Waals surface area contributed by atoms with E-state index < -0.39 is 0 Å². The Labute approximate surface area is 214 Å². The maximum atomic E-state index is 6.01. The van der Waals surface area contributed by atoms with Crippen molar-refractivity contribution in [3.05, 3.63) is 134 Å². The van der Waals surface area contributed by atoms with Gasteiger partial charge in [0, 0.05) is 28.1 Å². The van der Waals surface area contributed by atoms with E-state index in [2.05, 4.69) is 83.8 Å². The molecular formula is C34H22N2O. The number of rotatable bonds is 4. The van der Waals surface area contributed by atoms with Gasteiger partial charge in [0.15, 0.2) is 5.82 Å². The molecule has 0 atom stereocenters. The molecule has 0 aliphatic carbocycles. The molecule has 7 aromatic rings. The molecule has 2 aromatic heterocycles. The Kier molecular flexibility index (Phi) is 5.11. The fourth-order valence-corrected chi connectivity index (χ4v) is 4.89. The van der Waals surface area contributed by atoms with E-state index >= 15 is 0 Å². The van der Waals surface area contributed by atoms with Crippen molar-refractivity contribution < 1.29 is 4.42 Å². The van der Waals surface area contributed by atoms with Gasteiger partial charge in [-0.15, -0.1) is 0 Å². The van der Waals surface area contributed by atoms with Gasteiger partial charge in [0.05, 0.1) is 5.69 Å². The normalized spacial score (nSPS) is 11.2. The van der Waals surface area contributed by atoms with E-state index in [-0.39, 0.29) is 0 Å². The first-order valence-electron chi connectivity index (χ1n) is 12.3. The monoisotopic (exact) mass is 474 g/mol. The lowest BCUT2D eigenvalue weighted by atomic mass is 9.95. The topological polar surface area (TPSA) is 38.9 Å². The Bertz CT molecular complexity index is 1810. The number of fused-ring (bicyclic) bond motifs is 3. The maximum absolute atomic E-state index is 6.01. The number of para-hydroxylation sites is 1. The average Bonchev–Trinajstić information content (AvgIpc) is 3.36. The summed E-state index contributed by atoms with van der Waals surface area (Å²) >= 11 is 0. The van der Waals surface area contributed by atoms with Gasteiger partial charge in [-0.1, -0.05) is 78.9 Å². The predicted octanol–water partition coefficient (Wildman–Crippen LogP) is 9.04. The second kappa shape index (κ2) is 8.89. The Balaban J connectivity index is 1.36. The molecule has 0 bridgehead atoms. The first-order valence-corrected chi connectivity index (χ1v) is 12.3. The summed E-state index contributed by atoms with van der Waals surface area (Å²) < 4.78 is 6.01. The SMILES string of the molecule is c1ccc(-c2cc(-c3ccccc3)cc(-c3ccnc(-c4ccc5oc6ccccc6c5c4)n3)c2)cc1. The van der Waals surface area contributed by atoms with Gasteiger partial charge in [-0.05, 0) is 70.8 Å². The summed E-state index contributed by atoms with van der Waals surface area (Å²) in [5.74, 6) is 0.691. The van der Waals surface area contributed by atoms with Crippen LogP contribution in [0.1, 0.15) is 0 Å².